The van der Waals surface area contributed by atoms with Crippen molar-refractivity contribution in [2.24, 2.45) is 0 Å². The van der Waals surface area contributed by atoms with Gasteiger partial charge in [0.15, 0.2) is 11.4 Å². The summed E-state index contributed by atoms with van der Waals surface area (Å²) in [5.74, 6) is 0.295. The number of pyridine rings is 1. The standard InChI is InChI=1S/C14H22N2O3/c1-10(2)19-12-6-5-8-15-13(12)14(18)16(4)9-7-11(3)17/h5-6,8,10-11,17H,7,9H2,1-4H3. The van der Waals surface area contributed by atoms with Gasteiger partial charge >= 0.3 is 0 Å². The van der Waals surface area contributed by atoms with Crippen LogP contribution in [-0.2, 0) is 0 Å². The van der Waals surface area contributed by atoms with E-state index in [1.54, 1.807) is 37.2 Å². The average Bonchev–Trinajstić information content (AvgIpc) is 2.35. The summed E-state index contributed by atoms with van der Waals surface area (Å²) in [7, 11) is 1.69. The molecule has 1 heterocycles. The van der Waals surface area contributed by atoms with Crippen LogP contribution in [0.15, 0.2) is 18.3 Å². The molecule has 1 rings (SSSR count). The highest BCUT2D eigenvalue weighted by atomic mass is 16.5. The van der Waals surface area contributed by atoms with Crippen LogP contribution in [0, 0.1) is 0 Å². The molecule has 0 aliphatic heterocycles. The molecule has 1 amide bonds. The highest BCUT2D eigenvalue weighted by Gasteiger charge is 2.19. The summed E-state index contributed by atoms with van der Waals surface area (Å²) in [5, 5.41) is 9.25. The fourth-order valence-corrected chi connectivity index (χ4v) is 1.56. The molecule has 0 aliphatic carbocycles. The number of carbonyl (C=O) groups is 1. The molecule has 1 aromatic rings. The molecule has 19 heavy (non-hydrogen) atoms. The number of carbonyl (C=O) groups excluding carboxylic acids is 1. The summed E-state index contributed by atoms with van der Waals surface area (Å²) in [5.41, 5.74) is 0.310. The molecule has 0 fully saturated rings. The summed E-state index contributed by atoms with van der Waals surface area (Å²) >= 11 is 0. The highest BCUT2D eigenvalue weighted by molar-refractivity contribution is 5.94. The molecule has 0 radical (unpaired) electrons. The molecular formula is C14H22N2O3. The molecule has 0 bridgehead atoms. The molecule has 106 valence electrons. The number of ether oxygens (including phenoxy) is 1. The van der Waals surface area contributed by atoms with Crippen LogP contribution >= 0.6 is 0 Å². The molecule has 0 aliphatic rings. The summed E-state index contributed by atoms with van der Waals surface area (Å²) in [4.78, 5) is 17.9. The van der Waals surface area contributed by atoms with Gasteiger partial charge in [0, 0.05) is 19.8 Å². The van der Waals surface area contributed by atoms with Crippen molar-refractivity contribution in [3.63, 3.8) is 0 Å². The van der Waals surface area contributed by atoms with Crippen molar-refractivity contribution >= 4 is 5.91 Å². The fourth-order valence-electron chi connectivity index (χ4n) is 1.56. The first-order chi connectivity index (χ1) is 8.91. The maximum absolute atomic E-state index is 12.3. The summed E-state index contributed by atoms with van der Waals surface area (Å²) in [6.07, 6.45) is 1.67. The Morgan fingerprint density at radius 1 is 1.47 bits per heavy atom. The van der Waals surface area contributed by atoms with Crippen LogP contribution in [0.4, 0.5) is 0 Å². The Bertz CT molecular complexity index is 419. The first kappa shape index (κ1) is 15.4. The van der Waals surface area contributed by atoms with E-state index < -0.39 is 6.10 Å². The van der Waals surface area contributed by atoms with Crippen molar-refractivity contribution in [2.45, 2.75) is 39.4 Å². The lowest BCUT2D eigenvalue weighted by Crippen LogP contribution is -2.30. The lowest BCUT2D eigenvalue weighted by atomic mass is 10.2. The van der Waals surface area contributed by atoms with Gasteiger partial charge < -0.3 is 14.7 Å². The molecular weight excluding hydrogens is 244 g/mol. The van der Waals surface area contributed by atoms with E-state index in [1.165, 1.54) is 0 Å². The van der Waals surface area contributed by atoms with Gasteiger partial charge in [0.1, 0.15) is 0 Å². The number of aliphatic hydroxyl groups is 1. The number of rotatable bonds is 6. The van der Waals surface area contributed by atoms with Crippen molar-refractivity contribution in [3.8, 4) is 5.75 Å². The summed E-state index contributed by atoms with van der Waals surface area (Å²) in [6, 6.07) is 3.48. The van der Waals surface area contributed by atoms with E-state index in [4.69, 9.17) is 4.74 Å². The van der Waals surface area contributed by atoms with Crippen LogP contribution in [0.3, 0.4) is 0 Å². The van der Waals surface area contributed by atoms with Crippen molar-refractivity contribution in [3.05, 3.63) is 24.0 Å². The van der Waals surface area contributed by atoms with Gasteiger partial charge in [-0.25, -0.2) is 4.98 Å². The van der Waals surface area contributed by atoms with Crippen LogP contribution in [0.2, 0.25) is 0 Å². The smallest absolute Gasteiger partial charge is 0.276 e. The predicted molar refractivity (Wildman–Crippen MR) is 73.3 cm³/mol. The summed E-state index contributed by atoms with van der Waals surface area (Å²) < 4.78 is 5.58. The van der Waals surface area contributed by atoms with Crippen molar-refractivity contribution in [2.75, 3.05) is 13.6 Å². The monoisotopic (exact) mass is 266 g/mol. The molecule has 0 spiro atoms. The van der Waals surface area contributed by atoms with Crippen LogP contribution in [0.25, 0.3) is 0 Å². The second-order valence-corrected chi connectivity index (χ2v) is 4.88. The van der Waals surface area contributed by atoms with Gasteiger partial charge in [0.2, 0.25) is 0 Å². The Balaban J connectivity index is 2.80. The van der Waals surface area contributed by atoms with E-state index in [-0.39, 0.29) is 12.0 Å². The quantitative estimate of drug-likeness (QED) is 0.851. The second kappa shape index (κ2) is 7.09. The van der Waals surface area contributed by atoms with Gasteiger partial charge in [-0.15, -0.1) is 0 Å². The summed E-state index contributed by atoms with van der Waals surface area (Å²) in [6.45, 7) is 5.98. The number of hydrogen-bond acceptors (Lipinski definition) is 4. The van der Waals surface area contributed by atoms with E-state index >= 15 is 0 Å². The molecule has 0 saturated heterocycles. The first-order valence-corrected chi connectivity index (χ1v) is 6.47. The Morgan fingerprint density at radius 3 is 2.74 bits per heavy atom. The van der Waals surface area contributed by atoms with Crippen LogP contribution < -0.4 is 4.74 Å². The maximum atomic E-state index is 12.3. The first-order valence-electron chi connectivity index (χ1n) is 6.47. The van der Waals surface area contributed by atoms with Gasteiger partial charge in [-0.2, -0.15) is 0 Å². The third-order valence-corrected chi connectivity index (χ3v) is 2.56. The third kappa shape index (κ3) is 4.87. The molecule has 1 unspecified atom stereocenters. The van der Waals surface area contributed by atoms with E-state index in [2.05, 4.69) is 4.98 Å². The largest absolute Gasteiger partial charge is 0.489 e. The zero-order valence-electron chi connectivity index (χ0n) is 12.0. The molecule has 1 N–H and O–H groups in total. The number of aromatic nitrogens is 1. The molecule has 5 heteroatoms. The van der Waals surface area contributed by atoms with Crippen molar-refractivity contribution in [1.29, 1.82) is 0 Å². The van der Waals surface area contributed by atoms with E-state index in [9.17, 15) is 9.90 Å². The SMILES string of the molecule is CC(O)CCN(C)C(=O)c1ncccc1OC(C)C. The van der Waals surface area contributed by atoms with Crippen LogP contribution in [0.5, 0.6) is 5.75 Å². The van der Waals surface area contributed by atoms with Crippen molar-refractivity contribution in [1.82, 2.24) is 9.88 Å². The minimum absolute atomic E-state index is 0.0153. The van der Waals surface area contributed by atoms with Gasteiger partial charge in [-0.3, -0.25) is 4.79 Å². The number of nitrogens with zero attached hydrogens (tertiary/aromatic N) is 2. The van der Waals surface area contributed by atoms with Crippen molar-refractivity contribution < 1.29 is 14.6 Å². The van der Waals surface area contributed by atoms with Gasteiger partial charge in [0.05, 0.1) is 12.2 Å². The average molecular weight is 266 g/mol. The number of hydrogen-bond donors (Lipinski definition) is 1. The normalized spacial score (nSPS) is 12.3. The van der Waals surface area contributed by atoms with Crippen LogP contribution in [-0.4, -0.2) is 46.7 Å². The predicted octanol–water partition coefficient (Wildman–Crippen LogP) is 1.71. The molecule has 1 aromatic heterocycles. The lowest BCUT2D eigenvalue weighted by molar-refractivity contribution is 0.0756. The maximum Gasteiger partial charge on any atom is 0.276 e. The zero-order chi connectivity index (χ0) is 14.4. The molecule has 5 nitrogen and oxygen atoms in total. The molecule has 1 atom stereocenters. The van der Waals surface area contributed by atoms with E-state index in [0.29, 0.717) is 24.4 Å². The molecule has 0 saturated carbocycles. The Morgan fingerprint density at radius 2 is 2.16 bits per heavy atom. The van der Waals surface area contributed by atoms with Gasteiger partial charge in [0.25, 0.3) is 5.91 Å². The zero-order valence-corrected chi connectivity index (χ0v) is 12.0. The Labute approximate surface area is 114 Å². The number of aliphatic hydroxyl groups excluding tert-OH is 1. The van der Waals surface area contributed by atoms with E-state index in [1.807, 2.05) is 13.8 Å². The molecule has 0 aromatic carbocycles. The minimum atomic E-state index is -0.426. The second-order valence-electron chi connectivity index (χ2n) is 4.88. The minimum Gasteiger partial charge on any atom is -0.489 e. The highest BCUT2D eigenvalue weighted by Crippen LogP contribution is 2.18. The Hall–Kier alpha value is -1.62. The Kier molecular flexibility index (Phi) is 5.76. The lowest BCUT2D eigenvalue weighted by Gasteiger charge is -2.19. The van der Waals surface area contributed by atoms with E-state index in [0.717, 1.165) is 0 Å². The number of amides is 1. The fraction of sp³-hybridized carbons (Fsp3) is 0.571. The third-order valence-electron chi connectivity index (χ3n) is 2.56. The van der Waals surface area contributed by atoms with Crippen LogP contribution in [0.1, 0.15) is 37.7 Å². The van der Waals surface area contributed by atoms with Gasteiger partial charge in [-0.1, -0.05) is 0 Å². The topological polar surface area (TPSA) is 62.7 Å². The van der Waals surface area contributed by atoms with Gasteiger partial charge in [-0.05, 0) is 39.3 Å².